The highest BCUT2D eigenvalue weighted by Gasteiger charge is 2.45. The van der Waals surface area contributed by atoms with Crippen LogP contribution < -0.4 is 0 Å². The summed E-state index contributed by atoms with van der Waals surface area (Å²) in [7, 11) is 0. The Labute approximate surface area is 112 Å². The molecule has 4 atom stereocenters. The fraction of sp³-hybridized carbons (Fsp3) is 0.846. The Balaban J connectivity index is 1.91. The second-order valence-electron chi connectivity index (χ2n) is 6.12. The van der Waals surface area contributed by atoms with Crippen LogP contribution in [0.4, 0.5) is 9.59 Å². The first-order valence-electron chi connectivity index (χ1n) is 6.52. The van der Waals surface area contributed by atoms with Gasteiger partial charge >= 0.3 is 12.3 Å². The van der Waals surface area contributed by atoms with Crippen molar-refractivity contribution in [2.45, 2.75) is 65.0 Å². The fourth-order valence-corrected chi connectivity index (χ4v) is 2.43. The van der Waals surface area contributed by atoms with Crippen LogP contribution in [-0.4, -0.2) is 36.7 Å². The molecule has 0 N–H and O–H groups in total. The van der Waals surface area contributed by atoms with Crippen molar-refractivity contribution in [2.24, 2.45) is 5.41 Å². The van der Waals surface area contributed by atoms with Crippen molar-refractivity contribution in [3.8, 4) is 0 Å². The fourth-order valence-electron chi connectivity index (χ4n) is 2.43. The van der Waals surface area contributed by atoms with Gasteiger partial charge in [0.15, 0.2) is 0 Å². The summed E-state index contributed by atoms with van der Waals surface area (Å²) in [4.78, 5) is 22.2. The largest absolute Gasteiger partial charge is 0.509 e. The van der Waals surface area contributed by atoms with Gasteiger partial charge in [-0.25, -0.2) is 9.59 Å². The molecule has 0 bridgehead atoms. The highest BCUT2D eigenvalue weighted by molar-refractivity contribution is 5.63. The van der Waals surface area contributed by atoms with Gasteiger partial charge in [0, 0.05) is 5.41 Å². The van der Waals surface area contributed by atoms with Crippen molar-refractivity contribution in [3.63, 3.8) is 0 Å². The molecule has 0 saturated carbocycles. The quantitative estimate of drug-likeness (QED) is 0.735. The highest BCUT2D eigenvalue weighted by atomic mass is 16.8. The molecule has 0 aliphatic carbocycles. The van der Waals surface area contributed by atoms with Gasteiger partial charge in [-0.3, -0.25) is 0 Å². The molecule has 0 radical (unpaired) electrons. The van der Waals surface area contributed by atoms with Gasteiger partial charge in [0.1, 0.15) is 24.4 Å². The average Bonchev–Trinajstić information content (AvgIpc) is 2.78. The van der Waals surface area contributed by atoms with Gasteiger partial charge in [-0.2, -0.15) is 0 Å². The van der Waals surface area contributed by atoms with Gasteiger partial charge in [0.25, 0.3) is 0 Å². The number of hydrogen-bond acceptors (Lipinski definition) is 6. The van der Waals surface area contributed by atoms with Crippen molar-refractivity contribution in [1.82, 2.24) is 0 Å². The summed E-state index contributed by atoms with van der Waals surface area (Å²) < 4.78 is 20.3. The summed E-state index contributed by atoms with van der Waals surface area (Å²) in [5, 5.41) is 0. The molecular formula is C13H20O6. The number of hydrogen-bond donors (Lipinski definition) is 0. The smallest absolute Gasteiger partial charge is 0.427 e. The van der Waals surface area contributed by atoms with Crippen LogP contribution >= 0.6 is 0 Å². The van der Waals surface area contributed by atoms with E-state index >= 15 is 0 Å². The molecule has 2 aliphatic rings. The first kappa shape index (κ1) is 14.0. The first-order chi connectivity index (χ1) is 8.77. The minimum Gasteiger partial charge on any atom is -0.427 e. The Morgan fingerprint density at radius 1 is 0.895 bits per heavy atom. The molecule has 2 heterocycles. The SMILES string of the molecule is CC1OC(=O)OC1CCC1OC(=O)OC1C(C)(C)C. The summed E-state index contributed by atoms with van der Waals surface area (Å²) >= 11 is 0. The van der Waals surface area contributed by atoms with Crippen molar-refractivity contribution in [1.29, 1.82) is 0 Å². The predicted octanol–water partition coefficient (Wildman–Crippen LogP) is 2.64. The van der Waals surface area contributed by atoms with Crippen LogP contribution in [0.1, 0.15) is 40.5 Å². The molecule has 19 heavy (non-hydrogen) atoms. The normalized spacial score (nSPS) is 34.5. The standard InChI is InChI=1S/C13H20O6/c1-7-8(17-11(14)16-7)5-6-9-10(13(2,3)4)19-12(15)18-9/h7-10H,5-6H2,1-4H3. The second kappa shape index (κ2) is 4.90. The van der Waals surface area contributed by atoms with Crippen LogP contribution in [0.25, 0.3) is 0 Å². The van der Waals surface area contributed by atoms with Crippen LogP contribution in [0.5, 0.6) is 0 Å². The Hall–Kier alpha value is -1.46. The lowest BCUT2D eigenvalue weighted by Gasteiger charge is -2.28. The zero-order valence-corrected chi connectivity index (χ0v) is 11.7. The van der Waals surface area contributed by atoms with E-state index in [-0.39, 0.29) is 29.8 Å². The van der Waals surface area contributed by atoms with Gasteiger partial charge in [-0.1, -0.05) is 20.8 Å². The minimum atomic E-state index is -0.635. The van der Waals surface area contributed by atoms with E-state index in [1.54, 1.807) is 6.92 Å². The Bertz CT molecular complexity index is 372. The number of carbonyl (C=O) groups is 2. The molecule has 0 aromatic carbocycles. The van der Waals surface area contributed by atoms with Gasteiger partial charge in [-0.15, -0.1) is 0 Å². The molecule has 0 aromatic heterocycles. The molecule has 0 spiro atoms. The molecule has 2 fully saturated rings. The van der Waals surface area contributed by atoms with E-state index in [9.17, 15) is 9.59 Å². The summed E-state index contributed by atoms with van der Waals surface area (Å²) in [5.74, 6) is 0. The van der Waals surface area contributed by atoms with Gasteiger partial charge < -0.3 is 18.9 Å². The lowest BCUT2D eigenvalue weighted by molar-refractivity contribution is 0.0408. The number of cyclic esters (lactones) is 4. The summed E-state index contributed by atoms with van der Waals surface area (Å²) in [6, 6.07) is 0. The number of ether oxygens (including phenoxy) is 4. The monoisotopic (exact) mass is 272 g/mol. The minimum absolute atomic E-state index is 0.189. The maximum atomic E-state index is 11.3. The van der Waals surface area contributed by atoms with Crippen LogP contribution in [0, 0.1) is 5.41 Å². The highest BCUT2D eigenvalue weighted by Crippen LogP contribution is 2.34. The lowest BCUT2D eigenvalue weighted by Crippen LogP contribution is -2.36. The molecule has 6 heteroatoms. The van der Waals surface area contributed by atoms with Crippen LogP contribution in [0.15, 0.2) is 0 Å². The van der Waals surface area contributed by atoms with E-state index in [4.69, 9.17) is 18.9 Å². The van der Waals surface area contributed by atoms with Crippen molar-refractivity contribution in [3.05, 3.63) is 0 Å². The van der Waals surface area contributed by atoms with Crippen molar-refractivity contribution in [2.75, 3.05) is 0 Å². The predicted molar refractivity (Wildman–Crippen MR) is 64.6 cm³/mol. The molecule has 0 amide bonds. The summed E-state index contributed by atoms with van der Waals surface area (Å²) in [6.07, 6.45) is -1.24. The van der Waals surface area contributed by atoms with Crippen LogP contribution in [-0.2, 0) is 18.9 Å². The molecule has 2 aliphatic heterocycles. The third-order valence-electron chi connectivity index (χ3n) is 3.45. The molecule has 2 saturated heterocycles. The average molecular weight is 272 g/mol. The second-order valence-corrected chi connectivity index (χ2v) is 6.12. The van der Waals surface area contributed by atoms with E-state index in [1.165, 1.54) is 0 Å². The molecule has 0 aromatic rings. The number of carbonyl (C=O) groups excluding carboxylic acids is 2. The molecule has 108 valence electrons. The molecular weight excluding hydrogens is 252 g/mol. The van der Waals surface area contributed by atoms with E-state index in [2.05, 4.69) is 0 Å². The van der Waals surface area contributed by atoms with E-state index < -0.39 is 12.3 Å². The Morgan fingerprint density at radius 2 is 1.42 bits per heavy atom. The maximum absolute atomic E-state index is 11.3. The van der Waals surface area contributed by atoms with E-state index in [0.717, 1.165) is 0 Å². The van der Waals surface area contributed by atoms with Gasteiger partial charge in [-0.05, 0) is 19.8 Å². The summed E-state index contributed by atoms with van der Waals surface area (Å²) in [6.45, 7) is 7.77. The van der Waals surface area contributed by atoms with Crippen LogP contribution in [0.2, 0.25) is 0 Å². The molecule has 2 rings (SSSR count). The molecule has 6 nitrogen and oxygen atoms in total. The van der Waals surface area contributed by atoms with E-state index in [1.807, 2.05) is 20.8 Å². The van der Waals surface area contributed by atoms with Gasteiger partial charge in [0.05, 0.1) is 0 Å². The third kappa shape index (κ3) is 3.11. The van der Waals surface area contributed by atoms with Crippen LogP contribution in [0.3, 0.4) is 0 Å². The Morgan fingerprint density at radius 3 is 1.95 bits per heavy atom. The van der Waals surface area contributed by atoms with Gasteiger partial charge in [0.2, 0.25) is 0 Å². The number of rotatable bonds is 3. The lowest BCUT2D eigenvalue weighted by atomic mass is 9.84. The Kier molecular flexibility index (Phi) is 3.60. The maximum Gasteiger partial charge on any atom is 0.509 e. The zero-order valence-electron chi connectivity index (χ0n) is 11.7. The topological polar surface area (TPSA) is 71.1 Å². The summed E-state index contributed by atoms with van der Waals surface area (Å²) in [5.41, 5.74) is -0.189. The zero-order chi connectivity index (χ0) is 14.2. The third-order valence-corrected chi connectivity index (χ3v) is 3.45. The first-order valence-corrected chi connectivity index (χ1v) is 6.52. The van der Waals surface area contributed by atoms with Crippen molar-refractivity contribution >= 4 is 12.3 Å². The molecule has 4 unspecified atom stereocenters. The van der Waals surface area contributed by atoms with Crippen molar-refractivity contribution < 1.29 is 28.5 Å². The van der Waals surface area contributed by atoms with E-state index in [0.29, 0.717) is 12.8 Å².